The predicted octanol–water partition coefficient (Wildman–Crippen LogP) is 4.34. The van der Waals surface area contributed by atoms with Gasteiger partial charge in [0.2, 0.25) is 5.88 Å². The molecule has 1 aromatic rings. The van der Waals surface area contributed by atoms with Gasteiger partial charge < -0.3 is 19.9 Å². The minimum Gasteiger partial charge on any atom is -0.480 e. The average molecular weight is 371 g/mol. The summed E-state index contributed by atoms with van der Waals surface area (Å²) in [5.41, 5.74) is 4.22. The fourth-order valence-electron chi connectivity index (χ4n) is 1.36. The van der Waals surface area contributed by atoms with Crippen molar-refractivity contribution >= 4 is 17.9 Å². The Labute approximate surface area is 156 Å². The summed E-state index contributed by atoms with van der Waals surface area (Å²) in [4.78, 5) is 25.4. The van der Waals surface area contributed by atoms with Crippen LogP contribution in [-0.4, -0.2) is 35.5 Å². The fraction of sp³-hybridized carbons (Fsp3) is 0.611. The van der Waals surface area contributed by atoms with Crippen LogP contribution >= 0.6 is 0 Å². The SMILES string of the molecule is CC.CC(C)(C)OC(N)=O.COc1ncccc1NC(=O)OC(C)(C)C. The van der Waals surface area contributed by atoms with Gasteiger partial charge in [-0.1, -0.05) is 13.8 Å². The molecular weight excluding hydrogens is 338 g/mol. The monoisotopic (exact) mass is 371 g/mol. The van der Waals surface area contributed by atoms with Gasteiger partial charge in [-0.2, -0.15) is 0 Å². The van der Waals surface area contributed by atoms with Crippen LogP contribution in [0.15, 0.2) is 18.3 Å². The molecule has 0 spiro atoms. The van der Waals surface area contributed by atoms with E-state index >= 15 is 0 Å². The number of nitrogens with zero attached hydrogens (tertiary/aromatic N) is 1. The first kappa shape index (κ1) is 25.7. The summed E-state index contributed by atoms with van der Waals surface area (Å²) < 4.78 is 14.7. The number of rotatable bonds is 2. The molecule has 26 heavy (non-hydrogen) atoms. The maximum absolute atomic E-state index is 11.5. The van der Waals surface area contributed by atoms with E-state index in [0.717, 1.165) is 0 Å². The lowest BCUT2D eigenvalue weighted by Gasteiger charge is -2.19. The number of nitrogens with two attached hydrogens (primary N) is 1. The highest BCUT2D eigenvalue weighted by molar-refractivity contribution is 5.86. The molecule has 2 amide bonds. The second-order valence-electron chi connectivity index (χ2n) is 6.72. The summed E-state index contributed by atoms with van der Waals surface area (Å²) in [6.45, 7) is 14.7. The minimum atomic E-state index is -0.725. The van der Waals surface area contributed by atoms with E-state index in [1.807, 2.05) is 13.8 Å². The summed E-state index contributed by atoms with van der Waals surface area (Å²) in [7, 11) is 1.49. The van der Waals surface area contributed by atoms with Crippen molar-refractivity contribution in [1.82, 2.24) is 4.98 Å². The van der Waals surface area contributed by atoms with Crippen LogP contribution in [0.3, 0.4) is 0 Å². The van der Waals surface area contributed by atoms with Gasteiger partial charge >= 0.3 is 12.2 Å². The Bertz CT molecular complexity index is 548. The molecule has 0 radical (unpaired) electrons. The Kier molecular flexibility index (Phi) is 11.8. The third-order valence-corrected chi connectivity index (χ3v) is 2.01. The number of pyridine rings is 1. The molecule has 0 aliphatic heterocycles. The van der Waals surface area contributed by atoms with Crippen molar-refractivity contribution < 1.29 is 23.8 Å². The van der Waals surface area contributed by atoms with Crippen molar-refractivity contribution in [1.29, 1.82) is 0 Å². The molecule has 3 N–H and O–H groups in total. The number of carbonyl (C=O) groups excluding carboxylic acids is 2. The van der Waals surface area contributed by atoms with Gasteiger partial charge in [-0.25, -0.2) is 14.6 Å². The molecule has 8 nitrogen and oxygen atoms in total. The van der Waals surface area contributed by atoms with Gasteiger partial charge in [0.25, 0.3) is 0 Å². The van der Waals surface area contributed by atoms with Crippen LogP contribution in [0.5, 0.6) is 5.88 Å². The van der Waals surface area contributed by atoms with Crippen LogP contribution in [0.2, 0.25) is 0 Å². The third kappa shape index (κ3) is 15.0. The topological polar surface area (TPSA) is 113 Å². The first-order valence-corrected chi connectivity index (χ1v) is 8.31. The lowest BCUT2D eigenvalue weighted by Crippen LogP contribution is -2.27. The van der Waals surface area contributed by atoms with Gasteiger partial charge in [-0.15, -0.1) is 0 Å². The minimum absolute atomic E-state index is 0.355. The van der Waals surface area contributed by atoms with Crippen molar-refractivity contribution in [3.05, 3.63) is 18.3 Å². The van der Waals surface area contributed by atoms with Crippen molar-refractivity contribution in [3.8, 4) is 5.88 Å². The molecule has 0 bridgehead atoms. The number of anilines is 1. The average Bonchev–Trinajstić information content (AvgIpc) is 2.46. The molecule has 8 heteroatoms. The van der Waals surface area contributed by atoms with Crippen molar-refractivity contribution in [2.45, 2.75) is 66.6 Å². The zero-order valence-corrected chi connectivity index (χ0v) is 17.3. The van der Waals surface area contributed by atoms with E-state index in [1.165, 1.54) is 7.11 Å². The summed E-state index contributed by atoms with van der Waals surface area (Å²) in [6.07, 6.45) is 0.329. The van der Waals surface area contributed by atoms with Crippen molar-refractivity contribution in [2.24, 2.45) is 5.73 Å². The highest BCUT2D eigenvalue weighted by Crippen LogP contribution is 2.20. The van der Waals surface area contributed by atoms with E-state index in [0.29, 0.717) is 11.6 Å². The zero-order valence-electron chi connectivity index (χ0n) is 17.3. The number of aromatic nitrogens is 1. The van der Waals surface area contributed by atoms with Crippen molar-refractivity contribution in [2.75, 3.05) is 12.4 Å². The fourth-order valence-corrected chi connectivity index (χ4v) is 1.36. The van der Waals surface area contributed by atoms with Gasteiger partial charge in [-0.3, -0.25) is 5.32 Å². The zero-order chi connectivity index (χ0) is 21.0. The summed E-state index contributed by atoms with van der Waals surface area (Å²) in [6, 6.07) is 3.39. The highest BCUT2D eigenvalue weighted by Gasteiger charge is 2.17. The third-order valence-electron chi connectivity index (χ3n) is 2.01. The van der Waals surface area contributed by atoms with Crippen LogP contribution in [0, 0.1) is 0 Å². The summed E-state index contributed by atoms with van der Waals surface area (Å²) in [5.74, 6) is 0.355. The first-order valence-electron chi connectivity index (χ1n) is 8.31. The van der Waals surface area contributed by atoms with Crippen LogP contribution in [0.4, 0.5) is 15.3 Å². The lowest BCUT2D eigenvalue weighted by molar-refractivity contribution is 0.0596. The van der Waals surface area contributed by atoms with Gasteiger partial charge in [0.15, 0.2) is 0 Å². The smallest absolute Gasteiger partial charge is 0.412 e. The van der Waals surface area contributed by atoms with Crippen LogP contribution in [-0.2, 0) is 9.47 Å². The summed E-state index contributed by atoms with van der Waals surface area (Å²) in [5, 5.41) is 2.57. The molecule has 0 fully saturated rings. The Morgan fingerprint density at radius 1 is 1.04 bits per heavy atom. The standard InChI is InChI=1S/C11H16N2O3.C5H11NO2.C2H6/c1-11(2,3)16-10(14)13-8-6-5-7-12-9(8)15-4;1-5(2,3)8-4(6)7;1-2/h5-7H,1-4H3,(H,13,14);1-3H3,(H2,6,7);1-2H3. The first-order chi connectivity index (χ1) is 11.8. The van der Waals surface area contributed by atoms with Gasteiger partial charge in [0.05, 0.1) is 7.11 Å². The molecule has 150 valence electrons. The van der Waals surface area contributed by atoms with E-state index in [1.54, 1.807) is 59.9 Å². The Balaban J connectivity index is 0. The maximum atomic E-state index is 11.5. The Hall–Kier alpha value is -2.51. The summed E-state index contributed by atoms with van der Waals surface area (Å²) >= 11 is 0. The van der Waals surface area contributed by atoms with E-state index < -0.39 is 23.4 Å². The Morgan fingerprint density at radius 3 is 1.88 bits per heavy atom. The van der Waals surface area contributed by atoms with E-state index in [4.69, 9.17) is 15.2 Å². The quantitative estimate of drug-likeness (QED) is 0.799. The molecule has 0 saturated carbocycles. The number of nitrogens with one attached hydrogen (secondary N) is 1. The highest BCUT2D eigenvalue weighted by atomic mass is 16.6. The van der Waals surface area contributed by atoms with E-state index in [2.05, 4.69) is 15.0 Å². The molecule has 1 rings (SSSR count). The van der Waals surface area contributed by atoms with Gasteiger partial charge in [0, 0.05) is 6.20 Å². The maximum Gasteiger partial charge on any atom is 0.412 e. The van der Waals surface area contributed by atoms with Crippen molar-refractivity contribution in [3.63, 3.8) is 0 Å². The second kappa shape index (κ2) is 11.9. The van der Waals surface area contributed by atoms with E-state index in [-0.39, 0.29) is 0 Å². The van der Waals surface area contributed by atoms with Crippen LogP contribution < -0.4 is 15.8 Å². The Morgan fingerprint density at radius 2 is 1.54 bits per heavy atom. The predicted molar refractivity (Wildman–Crippen MR) is 102 cm³/mol. The molecule has 1 aromatic heterocycles. The molecule has 0 aromatic carbocycles. The number of hydrogen-bond acceptors (Lipinski definition) is 6. The molecule has 0 aliphatic carbocycles. The number of amides is 2. The number of hydrogen-bond donors (Lipinski definition) is 2. The normalized spacial score (nSPS) is 10.2. The van der Waals surface area contributed by atoms with Crippen LogP contribution in [0.25, 0.3) is 0 Å². The van der Waals surface area contributed by atoms with Gasteiger partial charge in [-0.05, 0) is 53.7 Å². The molecular formula is C18H33N3O5. The largest absolute Gasteiger partial charge is 0.480 e. The van der Waals surface area contributed by atoms with Crippen LogP contribution in [0.1, 0.15) is 55.4 Å². The molecule has 0 saturated heterocycles. The molecule has 0 unspecified atom stereocenters. The number of methoxy groups -OCH3 is 1. The molecule has 0 atom stereocenters. The lowest BCUT2D eigenvalue weighted by atomic mass is 10.2. The number of primary amides is 1. The molecule has 0 aliphatic rings. The van der Waals surface area contributed by atoms with Gasteiger partial charge in [0.1, 0.15) is 16.9 Å². The second-order valence-corrected chi connectivity index (χ2v) is 6.72. The number of carbonyl (C=O) groups is 2. The number of ether oxygens (including phenoxy) is 3. The van der Waals surface area contributed by atoms with E-state index in [9.17, 15) is 9.59 Å². The molecule has 1 heterocycles.